The van der Waals surface area contributed by atoms with E-state index in [1.165, 1.54) is 11.1 Å². The number of hydrogen-bond acceptors (Lipinski definition) is 2. The first kappa shape index (κ1) is 14.5. The normalized spacial score (nSPS) is 12.4. The van der Waals surface area contributed by atoms with Gasteiger partial charge in [-0.25, -0.2) is 0 Å². The van der Waals surface area contributed by atoms with Crippen molar-refractivity contribution in [1.82, 2.24) is 5.43 Å². The Kier molecular flexibility index (Phi) is 4.99. The summed E-state index contributed by atoms with van der Waals surface area (Å²) in [6.45, 7) is 2.09. The topological polar surface area (TPSA) is 38.0 Å². The van der Waals surface area contributed by atoms with Gasteiger partial charge in [-0.1, -0.05) is 57.4 Å². The van der Waals surface area contributed by atoms with Crippen LogP contribution in [0, 0.1) is 6.92 Å². The van der Waals surface area contributed by atoms with Crippen molar-refractivity contribution in [3.63, 3.8) is 0 Å². The maximum atomic E-state index is 6.08. The Morgan fingerprint density at radius 1 is 1.26 bits per heavy atom. The van der Waals surface area contributed by atoms with Crippen molar-refractivity contribution >= 4 is 27.5 Å². The number of nitrogens with two attached hydrogens (primary N) is 1. The first-order valence-corrected chi connectivity index (χ1v) is 7.23. The minimum atomic E-state index is 0.0387. The molecule has 4 heteroatoms. The number of aryl methyl sites for hydroxylation is 1. The third-order valence-corrected chi connectivity index (χ3v) is 3.69. The smallest absolute Gasteiger partial charge is 0.0501 e. The van der Waals surface area contributed by atoms with Crippen LogP contribution in [0.4, 0.5) is 0 Å². The van der Waals surface area contributed by atoms with E-state index >= 15 is 0 Å². The summed E-state index contributed by atoms with van der Waals surface area (Å²) in [6.07, 6.45) is 0.824. The fourth-order valence-electron chi connectivity index (χ4n) is 2.12. The molecule has 0 spiro atoms. The summed E-state index contributed by atoms with van der Waals surface area (Å²) >= 11 is 9.54. The fourth-order valence-corrected chi connectivity index (χ4v) is 3.01. The monoisotopic (exact) mass is 338 g/mol. The summed E-state index contributed by atoms with van der Waals surface area (Å²) < 4.78 is 0.958. The van der Waals surface area contributed by atoms with Gasteiger partial charge in [0.15, 0.2) is 0 Å². The molecular formula is C15H16BrClN2. The summed E-state index contributed by atoms with van der Waals surface area (Å²) in [6, 6.07) is 14.3. The molecule has 1 unspecified atom stereocenters. The molecule has 100 valence electrons. The Morgan fingerprint density at radius 2 is 2.05 bits per heavy atom. The Hall–Kier alpha value is -0.870. The number of halogens is 2. The van der Waals surface area contributed by atoms with E-state index < -0.39 is 0 Å². The van der Waals surface area contributed by atoms with Gasteiger partial charge in [-0.2, -0.15) is 0 Å². The van der Waals surface area contributed by atoms with Crippen LogP contribution in [-0.4, -0.2) is 0 Å². The molecule has 0 aliphatic carbocycles. The zero-order valence-corrected chi connectivity index (χ0v) is 13.0. The predicted octanol–water partition coefficient (Wildman–Crippen LogP) is 4.16. The van der Waals surface area contributed by atoms with E-state index in [-0.39, 0.29) is 6.04 Å². The second-order valence-electron chi connectivity index (χ2n) is 4.62. The van der Waals surface area contributed by atoms with Crippen LogP contribution in [0.2, 0.25) is 5.02 Å². The van der Waals surface area contributed by atoms with Crippen LogP contribution in [0.15, 0.2) is 46.9 Å². The Labute approximate surface area is 127 Å². The van der Waals surface area contributed by atoms with E-state index in [1.807, 2.05) is 18.2 Å². The van der Waals surface area contributed by atoms with Crippen molar-refractivity contribution in [2.45, 2.75) is 19.4 Å². The molecule has 0 saturated carbocycles. The van der Waals surface area contributed by atoms with Gasteiger partial charge in [0, 0.05) is 9.50 Å². The van der Waals surface area contributed by atoms with Crippen LogP contribution in [0.1, 0.15) is 22.7 Å². The molecule has 3 N–H and O–H groups in total. The third kappa shape index (κ3) is 4.05. The Bertz CT molecular complexity index is 552. The molecule has 0 amide bonds. The standard InChI is InChI=1S/C15H16BrClN2/c1-10-3-2-4-11(5-10)6-15(19-18)12-7-13(16)9-14(17)8-12/h2-5,7-9,15,19H,6,18H2,1H3. The molecule has 1 atom stereocenters. The lowest BCUT2D eigenvalue weighted by atomic mass is 9.98. The molecular weight excluding hydrogens is 324 g/mol. The highest BCUT2D eigenvalue weighted by Gasteiger charge is 2.12. The molecule has 2 aromatic carbocycles. The van der Waals surface area contributed by atoms with Crippen molar-refractivity contribution in [1.29, 1.82) is 0 Å². The van der Waals surface area contributed by atoms with Gasteiger partial charge >= 0.3 is 0 Å². The van der Waals surface area contributed by atoms with Gasteiger partial charge < -0.3 is 0 Å². The third-order valence-electron chi connectivity index (χ3n) is 3.01. The van der Waals surface area contributed by atoms with Crippen molar-refractivity contribution in [3.8, 4) is 0 Å². The van der Waals surface area contributed by atoms with Gasteiger partial charge in [-0.15, -0.1) is 0 Å². The van der Waals surface area contributed by atoms with Crippen LogP contribution < -0.4 is 11.3 Å². The molecule has 2 aromatic rings. The van der Waals surface area contributed by atoms with Crippen molar-refractivity contribution in [3.05, 3.63) is 68.7 Å². The minimum Gasteiger partial charge on any atom is -0.271 e. The van der Waals surface area contributed by atoms with Crippen molar-refractivity contribution in [2.24, 2.45) is 5.84 Å². The van der Waals surface area contributed by atoms with E-state index in [1.54, 1.807) is 0 Å². The number of rotatable bonds is 4. The fraction of sp³-hybridized carbons (Fsp3) is 0.200. The number of nitrogens with one attached hydrogen (secondary N) is 1. The molecule has 2 nitrogen and oxygen atoms in total. The molecule has 2 rings (SSSR count). The van der Waals surface area contributed by atoms with Crippen molar-refractivity contribution in [2.75, 3.05) is 0 Å². The predicted molar refractivity (Wildman–Crippen MR) is 84.1 cm³/mol. The lowest BCUT2D eigenvalue weighted by molar-refractivity contribution is 0.551. The molecule has 0 aliphatic rings. The molecule has 0 radical (unpaired) electrons. The molecule has 0 fully saturated rings. The number of hydrazine groups is 1. The van der Waals surface area contributed by atoms with Gasteiger partial charge in [-0.05, 0) is 42.7 Å². The van der Waals surface area contributed by atoms with Crippen LogP contribution in [0.25, 0.3) is 0 Å². The Balaban J connectivity index is 2.24. The molecule has 0 aromatic heterocycles. The van der Waals surface area contributed by atoms with Crippen LogP contribution in [-0.2, 0) is 6.42 Å². The largest absolute Gasteiger partial charge is 0.271 e. The molecule has 0 saturated heterocycles. The van der Waals surface area contributed by atoms with E-state index in [0.717, 1.165) is 16.5 Å². The summed E-state index contributed by atoms with van der Waals surface area (Å²) in [7, 11) is 0. The highest BCUT2D eigenvalue weighted by Crippen LogP contribution is 2.25. The average Bonchev–Trinajstić information content (AvgIpc) is 2.34. The van der Waals surface area contributed by atoms with Gasteiger partial charge in [0.1, 0.15) is 0 Å². The minimum absolute atomic E-state index is 0.0387. The van der Waals surface area contributed by atoms with Crippen LogP contribution >= 0.6 is 27.5 Å². The SMILES string of the molecule is Cc1cccc(CC(NN)c2cc(Cl)cc(Br)c2)c1. The molecule has 0 aliphatic heterocycles. The Morgan fingerprint density at radius 3 is 2.68 bits per heavy atom. The first-order valence-electron chi connectivity index (χ1n) is 6.06. The van der Waals surface area contributed by atoms with Crippen LogP contribution in [0.3, 0.4) is 0 Å². The summed E-state index contributed by atoms with van der Waals surface area (Å²) in [5, 5.41) is 0.703. The number of hydrogen-bond donors (Lipinski definition) is 2. The van der Waals surface area contributed by atoms with Gasteiger partial charge in [0.25, 0.3) is 0 Å². The number of benzene rings is 2. The molecule has 0 bridgehead atoms. The summed E-state index contributed by atoms with van der Waals surface area (Å²) in [4.78, 5) is 0. The zero-order chi connectivity index (χ0) is 13.8. The van der Waals surface area contributed by atoms with E-state index in [2.05, 4.69) is 52.5 Å². The summed E-state index contributed by atoms with van der Waals surface area (Å²) in [5.41, 5.74) is 6.43. The first-order chi connectivity index (χ1) is 9.08. The highest BCUT2D eigenvalue weighted by molar-refractivity contribution is 9.10. The van der Waals surface area contributed by atoms with E-state index in [9.17, 15) is 0 Å². The maximum Gasteiger partial charge on any atom is 0.0501 e. The second-order valence-corrected chi connectivity index (χ2v) is 5.97. The summed E-state index contributed by atoms with van der Waals surface area (Å²) in [5.74, 6) is 5.68. The maximum absolute atomic E-state index is 6.08. The average molecular weight is 340 g/mol. The lowest BCUT2D eigenvalue weighted by Gasteiger charge is -2.17. The van der Waals surface area contributed by atoms with Gasteiger partial charge in [0.2, 0.25) is 0 Å². The van der Waals surface area contributed by atoms with Gasteiger partial charge in [-0.3, -0.25) is 11.3 Å². The molecule has 19 heavy (non-hydrogen) atoms. The molecule has 0 heterocycles. The van der Waals surface area contributed by atoms with Gasteiger partial charge in [0.05, 0.1) is 6.04 Å². The quantitative estimate of drug-likeness (QED) is 0.648. The second kappa shape index (κ2) is 6.53. The van der Waals surface area contributed by atoms with Crippen LogP contribution in [0.5, 0.6) is 0 Å². The van der Waals surface area contributed by atoms with E-state index in [0.29, 0.717) is 5.02 Å². The zero-order valence-electron chi connectivity index (χ0n) is 10.7. The van der Waals surface area contributed by atoms with E-state index in [4.69, 9.17) is 17.4 Å². The van der Waals surface area contributed by atoms with Crippen molar-refractivity contribution < 1.29 is 0 Å². The highest BCUT2D eigenvalue weighted by atomic mass is 79.9. The lowest BCUT2D eigenvalue weighted by Crippen LogP contribution is -2.29.